The van der Waals surface area contributed by atoms with Crippen LogP contribution in [0.3, 0.4) is 0 Å². The van der Waals surface area contributed by atoms with Gasteiger partial charge in [0, 0.05) is 19.5 Å². The highest BCUT2D eigenvalue weighted by Gasteiger charge is 2.44. The number of nitrogens with one attached hydrogen (secondary N) is 3. The third-order valence-electron chi connectivity index (χ3n) is 8.62. The largest absolute Gasteiger partial charge is 0.384 e. The van der Waals surface area contributed by atoms with E-state index in [1.165, 1.54) is 22.2 Å². The molecular weight excluding hydrogens is 582 g/mol. The highest BCUT2D eigenvalue weighted by molar-refractivity contribution is 5.91. The van der Waals surface area contributed by atoms with Crippen LogP contribution in [0.15, 0.2) is 6.20 Å². The van der Waals surface area contributed by atoms with Crippen LogP contribution in [0.1, 0.15) is 89.8 Å². The molecule has 5 atom stereocenters. The fourth-order valence-electron chi connectivity index (χ4n) is 6.20. The van der Waals surface area contributed by atoms with E-state index in [0.717, 1.165) is 25.7 Å². The van der Waals surface area contributed by atoms with Crippen LogP contribution in [0, 0.1) is 18.3 Å². The van der Waals surface area contributed by atoms with Gasteiger partial charge >= 0.3 is 6.03 Å². The summed E-state index contributed by atoms with van der Waals surface area (Å²) < 4.78 is 1.53. The van der Waals surface area contributed by atoms with E-state index in [-0.39, 0.29) is 31.8 Å². The molecule has 0 aromatic carbocycles. The van der Waals surface area contributed by atoms with Crippen LogP contribution in [0.5, 0.6) is 0 Å². The number of aromatic nitrogens is 3. The Morgan fingerprint density at radius 1 is 1.18 bits per heavy atom. The van der Waals surface area contributed by atoms with E-state index in [9.17, 15) is 29.4 Å². The minimum atomic E-state index is -1.67. The lowest BCUT2D eigenvalue weighted by atomic mass is 9.84. The van der Waals surface area contributed by atoms with Gasteiger partial charge in [0.05, 0.1) is 36.6 Å². The fraction of sp³-hybridized carbons (Fsp3) is 0.733. The number of unbranched alkanes of at least 4 members (excludes halogenated alkanes) is 1. The Kier molecular flexibility index (Phi) is 13.1. The second-order valence-corrected chi connectivity index (χ2v) is 12.6. The molecular formula is C30H49N9O6. The van der Waals surface area contributed by atoms with Crippen molar-refractivity contribution in [2.24, 2.45) is 17.4 Å². The zero-order chi connectivity index (χ0) is 33.1. The Morgan fingerprint density at radius 2 is 1.89 bits per heavy atom. The van der Waals surface area contributed by atoms with Crippen LogP contribution >= 0.6 is 0 Å². The number of hydrogen-bond donors (Lipinski definition) is 7. The number of nitrogens with zero attached hydrogens (tertiary/aromatic N) is 4. The molecule has 2 aliphatic rings. The van der Waals surface area contributed by atoms with Crippen molar-refractivity contribution in [3.05, 3.63) is 11.9 Å². The number of hydrogen-bond acceptors (Lipinski definition) is 9. The van der Waals surface area contributed by atoms with E-state index >= 15 is 0 Å². The van der Waals surface area contributed by atoms with E-state index < -0.39 is 53.7 Å². The lowest BCUT2D eigenvalue weighted by Crippen LogP contribution is -2.56. The van der Waals surface area contributed by atoms with Crippen molar-refractivity contribution in [3.8, 4) is 12.3 Å². The van der Waals surface area contributed by atoms with Crippen LogP contribution in [0.2, 0.25) is 0 Å². The molecule has 4 unspecified atom stereocenters. The summed E-state index contributed by atoms with van der Waals surface area (Å²) in [5, 5.41) is 37.2. The summed E-state index contributed by atoms with van der Waals surface area (Å²) in [5.41, 5.74) is 11.0. The van der Waals surface area contributed by atoms with E-state index in [0.29, 0.717) is 37.4 Å². The average molecular weight is 632 g/mol. The topological polar surface area (TPSA) is 231 Å². The Balaban J connectivity index is 1.74. The molecule has 2 fully saturated rings. The number of primary amides is 1. The zero-order valence-electron chi connectivity index (χ0n) is 26.3. The lowest BCUT2D eigenvalue weighted by Gasteiger charge is -2.31. The smallest absolute Gasteiger partial charge is 0.315 e. The first-order valence-electron chi connectivity index (χ1n) is 15.8. The van der Waals surface area contributed by atoms with Crippen molar-refractivity contribution in [2.75, 3.05) is 19.6 Å². The number of urea groups is 1. The molecule has 15 heteroatoms. The zero-order valence-corrected chi connectivity index (χ0v) is 26.3. The summed E-state index contributed by atoms with van der Waals surface area (Å²) in [5.74, 6) is 0.699. The van der Waals surface area contributed by atoms with Crippen LogP contribution in [0.4, 0.5) is 4.79 Å². The van der Waals surface area contributed by atoms with Crippen molar-refractivity contribution >= 4 is 23.8 Å². The molecule has 1 aliphatic carbocycles. The normalized spacial score (nSPS) is 20.9. The van der Waals surface area contributed by atoms with Gasteiger partial charge in [0.25, 0.3) is 0 Å². The van der Waals surface area contributed by atoms with Gasteiger partial charge in [-0.15, -0.1) is 11.5 Å². The standard InChI is InChI=1S/C30H49N9O6/c1-4-13-33-29(44)34-14-9-8-12-22(25(40)26(32)41)36-27(42)23-16-20(39-24(17-35-37-39)30(2,3)45)18-38(23)28(43)21(31)15-19-10-6-5-7-11-19/h1,17,19-23,25,40,45H,5-16,18,31H2,2-3H3,(H2,32,41)(H,36,42)(H2,33,34,44)/t20?,21-,22?,23?,25?/m1/s1. The summed E-state index contributed by atoms with van der Waals surface area (Å²) in [4.78, 5) is 52.6. The summed E-state index contributed by atoms with van der Waals surface area (Å²) in [6.45, 7) is 3.70. The highest BCUT2D eigenvalue weighted by atomic mass is 16.3. The Bertz CT molecular complexity index is 1200. The van der Waals surface area contributed by atoms with Gasteiger partial charge in [-0.1, -0.05) is 43.2 Å². The van der Waals surface area contributed by atoms with Crippen molar-refractivity contribution < 1.29 is 29.4 Å². The minimum Gasteiger partial charge on any atom is -0.384 e. The SMILES string of the molecule is C#CCNC(=O)NCCCCC(NC(=O)C1CC(n2nncc2C(C)(C)O)CN1C(=O)[C@H](N)CC1CCCCC1)C(O)C(N)=O. The molecule has 1 saturated carbocycles. The van der Waals surface area contributed by atoms with Gasteiger partial charge in [0.2, 0.25) is 17.7 Å². The number of carbonyl (C=O) groups excluding carboxylic acids is 4. The van der Waals surface area contributed by atoms with E-state index in [4.69, 9.17) is 17.9 Å². The Morgan fingerprint density at radius 3 is 2.53 bits per heavy atom. The highest BCUT2D eigenvalue weighted by Crippen LogP contribution is 2.33. The van der Waals surface area contributed by atoms with Crippen LogP contribution in [-0.2, 0) is 20.0 Å². The Hall–Kier alpha value is -3.74. The number of aliphatic hydroxyl groups excluding tert-OH is 1. The number of terminal acetylenes is 1. The molecule has 15 nitrogen and oxygen atoms in total. The summed E-state index contributed by atoms with van der Waals surface area (Å²) in [7, 11) is 0. The number of aliphatic hydroxyl groups is 2. The molecule has 2 heterocycles. The van der Waals surface area contributed by atoms with Crippen molar-refractivity contribution in [1.29, 1.82) is 0 Å². The van der Waals surface area contributed by atoms with Crippen LogP contribution in [-0.4, -0.2) is 97.7 Å². The molecule has 5 amide bonds. The van der Waals surface area contributed by atoms with E-state index in [2.05, 4.69) is 32.2 Å². The van der Waals surface area contributed by atoms with Crippen LogP contribution < -0.4 is 27.4 Å². The van der Waals surface area contributed by atoms with Gasteiger partial charge in [0.15, 0.2) is 6.10 Å². The molecule has 1 aromatic rings. The lowest BCUT2D eigenvalue weighted by molar-refractivity contribution is -0.141. The monoisotopic (exact) mass is 631 g/mol. The van der Waals surface area contributed by atoms with E-state index in [1.54, 1.807) is 13.8 Å². The number of carbonyl (C=O) groups is 4. The summed E-state index contributed by atoms with van der Waals surface area (Å²) in [6.07, 6.45) is 12.1. The maximum absolute atomic E-state index is 13.8. The molecule has 3 rings (SSSR count). The maximum atomic E-state index is 13.8. The predicted molar refractivity (Wildman–Crippen MR) is 165 cm³/mol. The number of rotatable bonds is 15. The maximum Gasteiger partial charge on any atom is 0.315 e. The van der Waals surface area contributed by atoms with Gasteiger partial charge in [0.1, 0.15) is 11.6 Å². The number of nitrogens with two attached hydrogens (primary N) is 2. The second-order valence-electron chi connectivity index (χ2n) is 12.6. The Labute approximate surface area is 264 Å². The molecule has 9 N–H and O–H groups in total. The molecule has 250 valence electrons. The average Bonchev–Trinajstić information content (AvgIpc) is 3.67. The first-order valence-corrected chi connectivity index (χ1v) is 15.8. The minimum absolute atomic E-state index is 0.0910. The quantitative estimate of drug-likeness (QED) is 0.0964. The molecule has 0 spiro atoms. The van der Waals surface area contributed by atoms with Gasteiger partial charge in [-0.05, 0) is 45.4 Å². The van der Waals surface area contributed by atoms with Crippen molar-refractivity contribution in [2.45, 2.75) is 114 Å². The molecule has 1 aromatic heterocycles. The fourth-order valence-corrected chi connectivity index (χ4v) is 6.20. The third-order valence-corrected chi connectivity index (χ3v) is 8.62. The van der Waals surface area contributed by atoms with Crippen molar-refractivity contribution in [3.63, 3.8) is 0 Å². The molecule has 0 bridgehead atoms. The van der Waals surface area contributed by atoms with Gasteiger partial charge in [-0.2, -0.15) is 0 Å². The van der Waals surface area contributed by atoms with Gasteiger partial charge in [-0.3, -0.25) is 14.4 Å². The summed E-state index contributed by atoms with van der Waals surface area (Å²) in [6, 6.07) is -3.72. The summed E-state index contributed by atoms with van der Waals surface area (Å²) >= 11 is 0. The number of likely N-dealkylation sites (tertiary alicyclic amines) is 1. The molecule has 1 saturated heterocycles. The van der Waals surface area contributed by atoms with E-state index in [1.807, 2.05) is 0 Å². The van der Waals surface area contributed by atoms with Crippen LogP contribution in [0.25, 0.3) is 0 Å². The molecule has 0 radical (unpaired) electrons. The third kappa shape index (κ3) is 10.1. The molecule has 45 heavy (non-hydrogen) atoms. The van der Waals surface area contributed by atoms with Gasteiger partial charge < -0.3 is 42.5 Å². The van der Waals surface area contributed by atoms with Crippen molar-refractivity contribution in [1.82, 2.24) is 35.8 Å². The van der Waals surface area contributed by atoms with Gasteiger partial charge in [-0.25, -0.2) is 9.48 Å². The second kappa shape index (κ2) is 16.5. The number of amides is 5. The first-order chi connectivity index (χ1) is 21.3. The molecule has 1 aliphatic heterocycles. The predicted octanol–water partition coefficient (Wildman–Crippen LogP) is -0.621. The first kappa shape index (κ1) is 35.7.